The van der Waals surface area contributed by atoms with Gasteiger partial charge in [0.2, 0.25) is 0 Å². The fraction of sp³-hybridized carbons (Fsp3) is 0.444. The van der Waals surface area contributed by atoms with Crippen LogP contribution in [0, 0.1) is 0 Å². The Morgan fingerprint density at radius 3 is 2.33 bits per heavy atom. The molecule has 0 unspecified atom stereocenters. The molecule has 0 saturated heterocycles. The molecule has 0 radical (unpaired) electrons. The number of aliphatic hydroxyl groups is 1. The Morgan fingerprint density at radius 1 is 1.33 bits per heavy atom. The van der Waals surface area contributed by atoms with Crippen molar-refractivity contribution in [3.63, 3.8) is 0 Å². The van der Waals surface area contributed by atoms with Crippen molar-refractivity contribution in [2.45, 2.75) is 19.9 Å². The number of aromatic nitrogens is 1. The molecule has 1 rings (SSSR count). The highest BCUT2D eigenvalue weighted by molar-refractivity contribution is 5.06. The molecule has 12 heavy (non-hydrogen) atoms. The number of hydrogen-bond acceptors (Lipinski definition) is 1. The van der Waals surface area contributed by atoms with Gasteiger partial charge >= 0.3 is 0 Å². The van der Waals surface area contributed by atoms with E-state index in [0.29, 0.717) is 6.54 Å². The normalized spacial score (nSPS) is 9.17. The van der Waals surface area contributed by atoms with Crippen LogP contribution in [0.1, 0.15) is 12.5 Å². The van der Waals surface area contributed by atoms with Crippen LogP contribution in [0.3, 0.4) is 0 Å². The second-order valence-electron chi connectivity index (χ2n) is 2.52. The van der Waals surface area contributed by atoms with Crippen LogP contribution >= 0.6 is 0 Å². The fourth-order valence-electron chi connectivity index (χ4n) is 0.988. The zero-order valence-corrected chi connectivity index (χ0v) is 8.79. The van der Waals surface area contributed by atoms with Crippen molar-refractivity contribution in [2.24, 2.45) is 0 Å². The molecule has 0 aliphatic rings. The largest absolute Gasteiger partial charge is 1.00 e. The number of rotatable bonds is 3. The summed E-state index contributed by atoms with van der Waals surface area (Å²) in [6, 6.07) is 4.16. The van der Waals surface area contributed by atoms with Crippen LogP contribution in [-0.4, -0.2) is 11.7 Å². The number of pyridine rings is 1. The van der Waals surface area contributed by atoms with E-state index in [-0.39, 0.29) is 23.6 Å². The Morgan fingerprint density at radius 2 is 1.92 bits per heavy atom. The summed E-state index contributed by atoms with van der Waals surface area (Å²) in [7, 11) is 0. The SMILES string of the molecule is CCc1cc[n+](CCO)cc1.[Br-]. The molecule has 0 saturated carbocycles. The highest BCUT2D eigenvalue weighted by Gasteiger charge is 1.96. The zero-order valence-electron chi connectivity index (χ0n) is 7.20. The van der Waals surface area contributed by atoms with Gasteiger partial charge in [0, 0.05) is 12.1 Å². The average Bonchev–Trinajstić information content (AvgIpc) is 2.07. The molecule has 1 heterocycles. The lowest BCUT2D eigenvalue weighted by Gasteiger charge is -1.94. The number of nitrogens with zero attached hydrogens (tertiary/aromatic N) is 1. The third-order valence-electron chi connectivity index (χ3n) is 1.73. The maximum Gasteiger partial charge on any atom is 0.171 e. The summed E-state index contributed by atoms with van der Waals surface area (Å²) in [5.41, 5.74) is 1.33. The minimum Gasteiger partial charge on any atom is -1.00 e. The number of hydrogen-bond donors (Lipinski definition) is 1. The molecule has 2 nitrogen and oxygen atoms in total. The van der Waals surface area contributed by atoms with E-state index >= 15 is 0 Å². The number of aliphatic hydroxyl groups excluding tert-OH is 1. The van der Waals surface area contributed by atoms with E-state index in [1.54, 1.807) is 0 Å². The lowest BCUT2D eigenvalue weighted by molar-refractivity contribution is -0.698. The molecule has 0 aromatic carbocycles. The van der Waals surface area contributed by atoms with Gasteiger partial charge in [0.25, 0.3) is 0 Å². The monoisotopic (exact) mass is 231 g/mol. The second-order valence-corrected chi connectivity index (χ2v) is 2.52. The van der Waals surface area contributed by atoms with Crippen LogP contribution < -0.4 is 21.5 Å². The summed E-state index contributed by atoms with van der Waals surface area (Å²) in [5, 5.41) is 8.63. The van der Waals surface area contributed by atoms with Crippen molar-refractivity contribution in [1.82, 2.24) is 0 Å². The maximum atomic E-state index is 8.63. The summed E-state index contributed by atoms with van der Waals surface area (Å²) >= 11 is 0. The molecule has 1 aromatic heterocycles. The third kappa shape index (κ3) is 3.32. The van der Waals surface area contributed by atoms with Gasteiger partial charge in [-0.05, 0) is 12.0 Å². The molecule has 0 fully saturated rings. The Balaban J connectivity index is 0.00000121. The van der Waals surface area contributed by atoms with E-state index in [1.807, 2.05) is 17.0 Å². The minimum atomic E-state index is 0. The van der Waals surface area contributed by atoms with Gasteiger partial charge in [0.05, 0.1) is 0 Å². The summed E-state index contributed by atoms with van der Waals surface area (Å²) in [4.78, 5) is 0. The Hall–Kier alpha value is -0.410. The number of aryl methyl sites for hydroxylation is 1. The van der Waals surface area contributed by atoms with Crippen molar-refractivity contribution < 1.29 is 26.7 Å². The predicted octanol–water partition coefficient (Wildman–Crippen LogP) is -2.47. The highest BCUT2D eigenvalue weighted by Crippen LogP contribution is 1.94. The Labute approximate surface area is 83.6 Å². The van der Waals surface area contributed by atoms with Gasteiger partial charge in [-0.3, -0.25) is 0 Å². The molecule has 68 valence electrons. The van der Waals surface area contributed by atoms with Crippen molar-refractivity contribution in [1.29, 1.82) is 0 Å². The van der Waals surface area contributed by atoms with E-state index in [1.165, 1.54) is 5.56 Å². The lowest BCUT2D eigenvalue weighted by Crippen LogP contribution is -3.00. The van der Waals surface area contributed by atoms with Gasteiger partial charge in [-0.1, -0.05) is 6.92 Å². The average molecular weight is 232 g/mol. The number of halogens is 1. The summed E-state index contributed by atoms with van der Waals surface area (Å²) in [5.74, 6) is 0. The molecule has 1 aromatic rings. The summed E-state index contributed by atoms with van der Waals surface area (Å²) in [6.07, 6.45) is 5.06. The van der Waals surface area contributed by atoms with Gasteiger partial charge in [-0.2, -0.15) is 0 Å². The molecule has 0 atom stereocenters. The first-order valence-corrected chi connectivity index (χ1v) is 3.95. The van der Waals surface area contributed by atoms with Gasteiger partial charge < -0.3 is 22.1 Å². The molecule has 0 bridgehead atoms. The van der Waals surface area contributed by atoms with E-state index in [4.69, 9.17) is 5.11 Å². The fourth-order valence-corrected chi connectivity index (χ4v) is 0.988. The van der Waals surface area contributed by atoms with Crippen molar-refractivity contribution in [2.75, 3.05) is 6.61 Å². The molecule has 0 aliphatic heterocycles. The molecule has 0 spiro atoms. The summed E-state index contributed by atoms with van der Waals surface area (Å²) < 4.78 is 1.97. The van der Waals surface area contributed by atoms with Gasteiger partial charge in [0.15, 0.2) is 18.9 Å². The van der Waals surface area contributed by atoms with Crippen LogP contribution in [0.25, 0.3) is 0 Å². The van der Waals surface area contributed by atoms with Gasteiger partial charge in [-0.15, -0.1) is 0 Å². The second kappa shape index (κ2) is 6.14. The van der Waals surface area contributed by atoms with Crippen molar-refractivity contribution in [3.05, 3.63) is 30.1 Å². The van der Waals surface area contributed by atoms with Gasteiger partial charge in [-0.25, -0.2) is 4.57 Å². The van der Waals surface area contributed by atoms with E-state index < -0.39 is 0 Å². The van der Waals surface area contributed by atoms with E-state index in [9.17, 15) is 0 Å². The third-order valence-corrected chi connectivity index (χ3v) is 1.73. The van der Waals surface area contributed by atoms with Crippen LogP contribution in [0.5, 0.6) is 0 Å². The zero-order chi connectivity index (χ0) is 8.10. The van der Waals surface area contributed by atoms with Crippen molar-refractivity contribution in [3.8, 4) is 0 Å². The standard InChI is InChI=1S/C9H14NO.BrH/c1-2-9-3-5-10(6-4-9)7-8-11;/h3-6,11H,2,7-8H2,1H3;1H/q+1;/p-1. The maximum absolute atomic E-state index is 8.63. The predicted molar refractivity (Wildman–Crippen MR) is 43.1 cm³/mol. The molecule has 1 N–H and O–H groups in total. The smallest absolute Gasteiger partial charge is 0.171 e. The molecule has 0 amide bonds. The van der Waals surface area contributed by atoms with E-state index in [2.05, 4.69) is 19.1 Å². The first kappa shape index (κ1) is 11.6. The molecule has 3 heteroatoms. The molecular formula is C9H14BrNO. The van der Waals surface area contributed by atoms with Crippen LogP contribution in [0.2, 0.25) is 0 Å². The van der Waals surface area contributed by atoms with E-state index in [0.717, 1.165) is 6.42 Å². The Bertz CT molecular complexity index is 210. The van der Waals surface area contributed by atoms with Crippen LogP contribution in [0.4, 0.5) is 0 Å². The topological polar surface area (TPSA) is 24.1 Å². The van der Waals surface area contributed by atoms with Crippen LogP contribution in [0.15, 0.2) is 24.5 Å². The first-order valence-electron chi connectivity index (χ1n) is 3.95. The molecule has 0 aliphatic carbocycles. The van der Waals surface area contributed by atoms with Gasteiger partial charge in [0.1, 0.15) is 6.61 Å². The lowest BCUT2D eigenvalue weighted by atomic mass is 10.2. The van der Waals surface area contributed by atoms with Crippen molar-refractivity contribution >= 4 is 0 Å². The Kier molecular flexibility index (Phi) is 5.93. The quantitative estimate of drug-likeness (QED) is 0.574. The van der Waals surface area contributed by atoms with Crippen LogP contribution in [-0.2, 0) is 13.0 Å². The molecular weight excluding hydrogens is 218 g/mol. The first-order chi connectivity index (χ1) is 5.36. The summed E-state index contributed by atoms with van der Waals surface area (Å²) in [6.45, 7) is 3.02. The highest BCUT2D eigenvalue weighted by atomic mass is 79.9. The minimum absolute atomic E-state index is 0.